The van der Waals surface area contributed by atoms with E-state index in [-0.39, 0.29) is 17.7 Å². The normalized spacial score (nSPS) is 21.8. The quantitative estimate of drug-likeness (QED) is 0.472. The first-order chi connectivity index (χ1) is 19.1. The molecule has 8 nitrogen and oxygen atoms in total. The monoisotopic (exact) mass is 537 g/mol. The van der Waals surface area contributed by atoms with E-state index in [9.17, 15) is 4.79 Å². The highest BCUT2D eigenvalue weighted by Gasteiger charge is 2.32. The molecule has 2 aromatic carbocycles. The van der Waals surface area contributed by atoms with Crippen molar-refractivity contribution in [2.24, 2.45) is 11.8 Å². The first kappa shape index (κ1) is 27.7. The average Bonchev–Trinajstić information content (AvgIpc) is 3.44. The summed E-state index contributed by atoms with van der Waals surface area (Å²) in [6.07, 6.45) is 4.37. The van der Waals surface area contributed by atoms with Gasteiger partial charge in [0.05, 0.1) is 40.0 Å². The minimum absolute atomic E-state index is 0.0720. The van der Waals surface area contributed by atoms with Gasteiger partial charge in [-0.25, -0.2) is 0 Å². The number of likely N-dealkylation sites (tertiary alicyclic amines) is 1. The summed E-state index contributed by atoms with van der Waals surface area (Å²) < 4.78 is 22.7. The maximum absolute atomic E-state index is 13.3. The molecule has 0 radical (unpaired) electrons. The van der Waals surface area contributed by atoms with E-state index < -0.39 is 0 Å². The number of nitrogens with one attached hydrogen (secondary N) is 1. The fourth-order valence-corrected chi connectivity index (χ4v) is 6.14. The molecule has 1 amide bonds. The first-order valence-corrected chi connectivity index (χ1v) is 14.4. The topological polar surface area (TPSA) is 72.5 Å². The van der Waals surface area contributed by atoms with E-state index in [4.69, 9.17) is 18.9 Å². The molecule has 1 aliphatic carbocycles. The van der Waals surface area contributed by atoms with Crippen molar-refractivity contribution in [3.05, 3.63) is 53.1 Å². The Morgan fingerprint density at radius 2 is 1.79 bits per heavy atom. The van der Waals surface area contributed by atoms with Crippen LogP contribution < -0.4 is 19.5 Å². The summed E-state index contributed by atoms with van der Waals surface area (Å²) in [5.74, 6) is 2.72. The number of aryl methyl sites for hydroxylation is 2. The maximum atomic E-state index is 13.3. The Labute approximate surface area is 232 Å². The Kier molecular flexibility index (Phi) is 9.61. The van der Waals surface area contributed by atoms with Gasteiger partial charge in [0.15, 0.2) is 11.5 Å². The lowest BCUT2D eigenvalue weighted by Crippen LogP contribution is -2.48. The summed E-state index contributed by atoms with van der Waals surface area (Å²) in [5.41, 5.74) is 4.01. The van der Waals surface area contributed by atoms with E-state index >= 15 is 0 Å². The van der Waals surface area contributed by atoms with Crippen molar-refractivity contribution in [1.82, 2.24) is 15.1 Å². The van der Waals surface area contributed by atoms with E-state index in [0.717, 1.165) is 88.1 Å². The zero-order valence-corrected chi connectivity index (χ0v) is 23.5. The second-order valence-electron chi connectivity index (χ2n) is 11.0. The van der Waals surface area contributed by atoms with Crippen LogP contribution in [0.4, 0.5) is 0 Å². The van der Waals surface area contributed by atoms with Gasteiger partial charge in [-0.2, -0.15) is 0 Å². The summed E-state index contributed by atoms with van der Waals surface area (Å²) in [4.78, 5) is 18.0. The Morgan fingerprint density at radius 3 is 2.62 bits per heavy atom. The third-order valence-corrected chi connectivity index (χ3v) is 8.22. The summed E-state index contributed by atoms with van der Waals surface area (Å²) in [5, 5.41) is 3.21. The predicted octanol–water partition coefficient (Wildman–Crippen LogP) is 3.16. The smallest absolute Gasteiger partial charge is 0.224 e. The molecular formula is C31H43N3O5. The highest BCUT2D eigenvalue weighted by Crippen LogP contribution is 2.31. The summed E-state index contributed by atoms with van der Waals surface area (Å²) in [6.45, 7) is 7.90. The van der Waals surface area contributed by atoms with E-state index in [1.165, 1.54) is 24.0 Å². The van der Waals surface area contributed by atoms with Crippen LogP contribution in [-0.4, -0.2) is 89.0 Å². The molecule has 2 fully saturated rings. The van der Waals surface area contributed by atoms with Crippen LogP contribution in [-0.2, 0) is 28.9 Å². The largest absolute Gasteiger partial charge is 0.493 e. The van der Waals surface area contributed by atoms with Crippen LogP contribution in [0.1, 0.15) is 29.5 Å². The van der Waals surface area contributed by atoms with Crippen molar-refractivity contribution in [2.45, 2.75) is 32.2 Å². The van der Waals surface area contributed by atoms with Crippen molar-refractivity contribution in [3.63, 3.8) is 0 Å². The highest BCUT2D eigenvalue weighted by molar-refractivity contribution is 5.79. The van der Waals surface area contributed by atoms with E-state index in [2.05, 4.69) is 39.4 Å². The zero-order chi connectivity index (χ0) is 27.0. The number of piperidine rings is 1. The molecule has 2 aliphatic heterocycles. The lowest BCUT2D eigenvalue weighted by Gasteiger charge is -2.37. The number of ether oxygens (including phenoxy) is 4. The molecule has 8 heteroatoms. The second-order valence-corrected chi connectivity index (χ2v) is 11.0. The van der Waals surface area contributed by atoms with Gasteiger partial charge in [-0.05, 0) is 66.6 Å². The number of amides is 1. The Balaban J connectivity index is 1.22. The van der Waals surface area contributed by atoms with Crippen molar-refractivity contribution >= 4 is 5.91 Å². The fourth-order valence-electron chi connectivity index (χ4n) is 6.14. The molecule has 1 N–H and O–H groups in total. The van der Waals surface area contributed by atoms with E-state index in [0.29, 0.717) is 13.2 Å². The van der Waals surface area contributed by atoms with Crippen LogP contribution in [0, 0.1) is 11.8 Å². The van der Waals surface area contributed by atoms with Gasteiger partial charge < -0.3 is 24.3 Å². The molecule has 0 bridgehead atoms. The van der Waals surface area contributed by atoms with Gasteiger partial charge in [0.25, 0.3) is 0 Å². The highest BCUT2D eigenvalue weighted by atomic mass is 16.5. The Bertz CT molecular complexity index is 1100. The minimum atomic E-state index is -0.0720. The molecule has 2 heterocycles. The first-order valence-electron chi connectivity index (χ1n) is 14.4. The van der Waals surface area contributed by atoms with Crippen LogP contribution >= 0.6 is 0 Å². The average molecular weight is 538 g/mol. The second kappa shape index (κ2) is 13.5. The number of fused-ring (bicyclic) bond motifs is 1. The molecule has 2 atom stereocenters. The van der Waals surface area contributed by atoms with Gasteiger partial charge in [0, 0.05) is 51.7 Å². The molecular weight excluding hydrogens is 494 g/mol. The summed E-state index contributed by atoms with van der Waals surface area (Å²) >= 11 is 0. The zero-order valence-electron chi connectivity index (χ0n) is 23.5. The van der Waals surface area contributed by atoms with Gasteiger partial charge in [-0.1, -0.05) is 12.1 Å². The molecule has 39 heavy (non-hydrogen) atoms. The Morgan fingerprint density at radius 1 is 0.974 bits per heavy atom. The van der Waals surface area contributed by atoms with Gasteiger partial charge in [0.1, 0.15) is 5.75 Å². The van der Waals surface area contributed by atoms with E-state index in [1.807, 2.05) is 12.1 Å². The summed E-state index contributed by atoms with van der Waals surface area (Å²) in [7, 11) is 3.31. The molecule has 3 aliphatic rings. The molecule has 2 aromatic rings. The van der Waals surface area contributed by atoms with Gasteiger partial charge in [-0.3, -0.25) is 14.6 Å². The standard InChI is InChI=1S/C31H43N3O5/c1-36-29-9-6-23(17-30(29)37-2)19-34-20-24(22-39-28-8-7-25-4-3-5-26(25)18-28)16-27(21-34)31(35)32-10-11-33-12-14-38-15-13-33/h6-9,17-18,24,27H,3-5,10-16,19-22H2,1-2H3,(H,32,35)/t24-,27+/m0/s1. The van der Waals surface area contributed by atoms with Crippen molar-refractivity contribution in [3.8, 4) is 17.2 Å². The minimum Gasteiger partial charge on any atom is -0.493 e. The number of benzene rings is 2. The number of carbonyl (C=O) groups is 1. The summed E-state index contributed by atoms with van der Waals surface area (Å²) in [6, 6.07) is 12.6. The van der Waals surface area contributed by atoms with Gasteiger partial charge >= 0.3 is 0 Å². The van der Waals surface area contributed by atoms with E-state index in [1.54, 1.807) is 14.2 Å². The SMILES string of the molecule is COc1ccc(CN2C[C@@H](COc3ccc4c(c3)CCC4)C[C@@H](C(=O)NCCN3CCOCC3)C2)cc1OC. The fraction of sp³-hybridized carbons (Fsp3) is 0.581. The lowest BCUT2D eigenvalue weighted by molar-refractivity contribution is -0.127. The molecule has 0 unspecified atom stereocenters. The third-order valence-electron chi connectivity index (χ3n) is 8.22. The van der Waals surface area contributed by atoms with Crippen LogP contribution in [0.15, 0.2) is 36.4 Å². The molecule has 212 valence electrons. The van der Waals surface area contributed by atoms with Crippen molar-refractivity contribution in [2.75, 3.05) is 73.3 Å². The molecule has 2 saturated heterocycles. The number of nitrogens with zero attached hydrogens (tertiary/aromatic N) is 2. The molecule has 5 rings (SSSR count). The number of methoxy groups -OCH3 is 2. The molecule has 0 spiro atoms. The number of hydrogen-bond acceptors (Lipinski definition) is 7. The van der Waals surface area contributed by atoms with Gasteiger partial charge in [-0.15, -0.1) is 0 Å². The van der Waals surface area contributed by atoms with Crippen LogP contribution in [0.2, 0.25) is 0 Å². The predicted molar refractivity (Wildman–Crippen MR) is 151 cm³/mol. The molecule has 0 saturated carbocycles. The van der Waals surface area contributed by atoms with Crippen LogP contribution in [0.5, 0.6) is 17.2 Å². The van der Waals surface area contributed by atoms with Crippen molar-refractivity contribution < 1.29 is 23.7 Å². The Hall–Kier alpha value is -2.81. The molecule has 0 aromatic heterocycles. The lowest BCUT2D eigenvalue weighted by atomic mass is 9.88. The van der Waals surface area contributed by atoms with Crippen LogP contribution in [0.25, 0.3) is 0 Å². The van der Waals surface area contributed by atoms with Crippen molar-refractivity contribution in [1.29, 1.82) is 0 Å². The van der Waals surface area contributed by atoms with Gasteiger partial charge in [0.2, 0.25) is 5.91 Å². The number of rotatable bonds is 11. The number of hydrogen-bond donors (Lipinski definition) is 1. The number of carbonyl (C=O) groups excluding carboxylic acids is 1. The maximum Gasteiger partial charge on any atom is 0.224 e. The van der Waals surface area contributed by atoms with Crippen LogP contribution in [0.3, 0.4) is 0 Å². The third kappa shape index (κ3) is 7.44. The number of morpholine rings is 1.